The number of urea groups is 1. The molecule has 3 amide bonds. The average molecular weight is 268 g/mol. The van der Waals surface area contributed by atoms with Gasteiger partial charge >= 0.3 is 12.0 Å². The van der Waals surface area contributed by atoms with Crippen LogP contribution < -0.4 is 5.32 Å². The molecule has 1 saturated carbocycles. The molecule has 1 atom stereocenters. The van der Waals surface area contributed by atoms with E-state index >= 15 is 0 Å². The van der Waals surface area contributed by atoms with Crippen molar-refractivity contribution in [3.05, 3.63) is 12.7 Å². The minimum atomic E-state index is -0.946. The maximum absolute atomic E-state index is 11.9. The number of carbonyl (C=O) groups excluding carboxylic acids is 2. The topological polar surface area (TPSA) is 86.7 Å². The van der Waals surface area contributed by atoms with Gasteiger partial charge in [0, 0.05) is 25.4 Å². The first kappa shape index (κ1) is 15.2. The lowest BCUT2D eigenvalue weighted by atomic mass is 10.0. The Kier molecular flexibility index (Phi) is 5.54. The lowest BCUT2D eigenvalue weighted by Crippen LogP contribution is -2.44. The van der Waals surface area contributed by atoms with Gasteiger partial charge in [-0.1, -0.05) is 13.0 Å². The molecule has 1 unspecified atom stereocenters. The van der Waals surface area contributed by atoms with Crippen molar-refractivity contribution in [3.8, 4) is 0 Å². The molecule has 19 heavy (non-hydrogen) atoms. The third-order valence-electron chi connectivity index (χ3n) is 2.88. The van der Waals surface area contributed by atoms with Gasteiger partial charge in [0.05, 0.1) is 0 Å². The molecule has 6 heteroatoms. The quantitative estimate of drug-likeness (QED) is 0.683. The van der Waals surface area contributed by atoms with Crippen molar-refractivity contribution in [3.63, 3.8) is 0 Å². The molecule has 0 aromatic rings. The molecule has 1 rings (SSSR count). The number of amides is 3. The number of nitrogens with one attached hydrogen (secondary N) is 1. The SMILES string of the molecule is C=CCN(C(=O)NC(=O)CC(C)CC(=O)O)C1CC1. The first-order chi connectivity index (χ1) is 8.93. The van der Waals surface area contributed by atoms with Crippen molar-refractivity contribution in [1.82, 2.24) is 10.2 Å². The van der Waals surface area contributed by atoms with Crippen LogP contribution in [0.3, 0.4) is 0 Å². The van der Waals surface area contributed by atoms with Gasteiger partial charge < -0.3 is 10.0 Å². The Morgan fingerprint density at radius 2 is 2.05 bits per heavy atom. The normalized spacial score (nSPS) is 15.4. The molecule has 0 aromatic heterocycles. The molecule has 6 nitrogen and oxygen atoms in total. The second-order valence-corrected chi connectivity index (χ2v) is 4.93. The standard InChI is InChI=1S/C13H20N2O4/c1-3-6-15(10-4-5-10)13(19)14-11(16)7-9(2)8-12(17)18/h3,9-10H,1,4-8H2,2H3,(H,17,18)(H,14,16,19). The van der Waals surface area contributed by atoms with E-state index in [0.717, 1.165) is 12.8 Å². The summed E-state index contributed by atoms with van der Waals surface area (Å²) in [5.74, 6) is -1.68. The number of carboxylic acid groups (broad SMARTS) is 1. The van der Waals surface area contributed by atoms with Gasteiger partial charge in [0.25, 0.3) is 0 Å². The van der Waals surface area contributed by atoms with Crippen LogP contribution in [0.5, 0.6) is 0 Å². The number of rotatable bonds is 7. The van der Waals surface area contributed by atoms with Crippen LogP contribution >= 0.6 is 0 Å². The number of imide groups is 1. The van der Waals surface area contributed by atoms with E-state index in [9.17, 15) is 14.4 Å². The van der Waals surface area contributed by atoms with Crippen molar-refractivity contribution in [2.75, 3.05) is 6.54 Å². The molecular formula is C13H20N2O4. The zero-order chi connectivity index (χ0) is 14.4. The minimum Gasteiger partial charge on any atom is -0.481 e. The van der Waals surface area contributed by atoms with Crippen molar-refractivity contribution in [1.29, 1.82) is 0 Å². The molecule has 106 valence electrons. The summed E-state index contributed by atoms with van der Waals surface area (Å²) in [7, 11) is 0. The minimum absolute atomic E-state index is 0.0324. The monoisotopic (exact) mass is 268 g/mol. The van der Waals surface area contributed by atoms with Crippen molar-refractivity contribution in [2.45, 2.75) is 38.6 Å². The Hall–Kier alpha value is -1.85. The van der Waals surface area contributed by atoms with Crippen LogP contribution in [0.2, 0.25) is 0 Å². The summed E-state index contributed by atoms with van der Waals surface area (Å²) in [5.41, 5.74) is 0. The number of carboxylic acids is 1. The highest BCUT2D eigenvalue weighted by Gasteiger charge is 2.32. The molecule has 0 aromatic carbocycles. The van der Waals surface area contributed by atoms with E-state index in [0.29, 0.717) is 6.54 Å². The van der Waals surface area contributed by atoms with E-state index in [2.05, 4.69) is 11.9 Å². The molecule has 0 aliphatic heterocycles. The smallest absolute Gasteiger partial charge is 0.324 e. The largest absolute Gasteiger partial charge is 0.481 e. The van der Waals surface area contributed by atoms with Gasteiger partial charge in [-0.25, -0.2) is 4.79 Å². The fourth-order valence-corrected chi connectivity index (χ4v) is 1.85. The van der Waals surface area contributed by atoms with Gasteiger partial charge in [-0.2, -0.15) is 0 Å². The van der Waals surface area contributed by atoms with Gasteiger partial charge in [0.2, 0.25) is 5.91 Å². The highest BCUT2D eigenvalue weighted by Crippen LogP contribution is 2.26. The van der Waals surface area contributed by atoms with Gasteiger partial charge in [-0.15, -0.1) is 6.58 Å². The van der Waals surface area contributed by atoms with Crippen molar-refractivity contribution < 1.29 is 19.5 Å². The Labute approximate surface area is 112 Å². The van der Waals surface area contributed by atoms with E-state index in [1.165, 1.54) is 0 Å². The van der Waals surface area contributed by atoms with E-state index in [4.69, 9.17) is 5.11 Å². The molecule has 2 N–H and O–H groups in total. The number of hydrogen-bond donors (Lipinski definition) is 2. The lowest BCUT2D eigenvalue weighted by Gasteiger charge is -2.20. The van der Waals surface area contributed by atoms with Crippen LogP contribution in [-0.4, -0.2) is 40.5 Å². The summed E-state index contributed by atoms with van der Waals surface area (Å²) in [6, 6.07) is -0.225. The van der Waals surface area contributed by atoms with E-state index < -0.39 is 17.9 Å². The van der Waals surface area contributed by atoms with Crippen molar-refractivity contribution in [2.24, 2.45) is 5.92 Å². The van der Waals surface area contributed by atoms with E-state index in [1.807, 2.05) is 0 Å². The highest BCUT2D eigenvalue weighted by atomic mass is 16.4. The zero-order valence-electron chi connectivity index (χ0n) is 11.1. The fourth-order valence-electron chi connectivity index (χ4n) is 1.85. The summed E-state index contributed by atoms with van der Waals surface area (Å²) in [5, 5.41) is 10.9. The lowest BCUT2D eigenvalue weighted by molar-refractivity contribution is -0.138. The Morgan fingerprint density at radius 3 is 2.53 bits per heavy atom. The molecule has 0 spiro atoms. The summed E-state index contributed by atoms with van der Waals surface area (Å²) in [6.45, 7) is 5.66. The van der Waals surface area contributed by atoms with Crippen LogP contribution in [0, 0.1) is 5.92 Å². The molecular weight excluding hydrogens is 248 g/mol. The van der Waals surface area contributed by atoms with E-state index in [1.54, 1.807) is 17.9 Å². The first-order valence-corrected chi connectivity index (χ1v) is 6.37. The zero-order valence-corrected chi connectivity index (χ0v) is 11.1. The number of aliphatic carboxylic acids is 1. The second kappa shape index (κ2) is 6.92. The highest BCUT2D eigenvalue weighted by molar-refractivity contribution is 5.94. The summed E-state index contributed by atoms with van der Waals surface area (Å²) >= 11 is 0. The molecule has 0 heterocycles. The Balaban J connectivity index is 2.39. The van der Waals surface area contributed by atoms with Gasteiger partial charge in [0.1, 0.15) is 0 Å². The predicted molar refractivity (Wildman–Crippen MR) is 69.5 cm³/mol. The van der Waals surface area contributed by atoms with Gasteiger partial charge in [-0.05, 0) is 18.8 Å². The second-order valence-electron chi connectivity index (χ2n) is 4.93. The third-order valence-corrected chi connectivity index (χ3v) is 2.88. The number of nitrogens with zero attached hydrogens (tertiary/aromatic N) is 1. The molecule has 1 aliphatic rings. The van der Waals surface area contributed by atoms with Gasteiger partial charge in [-0.3, -0.25) is 14.9 Å². The maximum Gasteiger partial charge on any atom is 0.324 e. The summed E-state index contributed by atoms with van der Waals surface area (Å²) < 4.78 is 0. The fraction of sp³-hybridized carbons (Fsp3) is 0.615. The van der Waals surface area contributed by atoms with Crippen LogP contribution in [0.1, 0.15) is 32.6 Å². The maximum atomic E-state index is 11.9. The Bertz CT molecular complexity index is 377. The number of carbonyl (C=O) groups is 3. The first-order valence-electron chi connectivity index (χ1n) is 6.37. The predicted octanol–water partition coefficient (Wildman–Crippen LogP) is 1.37. The number of hydrogen-bond acceptors (Lipinski definition) is 3. The van der Waals surface area contributed by atoms with Crippen LogP contribution in [0.15, 0.2) is 12.7 Å². The summed E-state index contributed by atoms with van der Waals surface area (Å²) in [4.78, 5) is 35.5. The Morgan fingerprint density at radius 1 is 1.42 bits per heavy atom. The van der Waals surface area contributed by atoms with Crippen LogP contribution in [0.25, 0.3) is 0 Å². The summed E-state index contributed by atoms with van der Waals surface area (Å²) in [6.07, 6.45) is 3.47. The molecule has 1 fully saturated rings. The van der Waals surface area contributed by atoms with Gasteiger partial charge in [0.15, 0.2) is 0 Å². The van der Waals surface area contributed by atoms with Crippen molar-refractivity contribution >= 4 is 17.9 Å². The molecule has 0 saturated heterocycles. The van der Waals surface area contributed by atoms with Crippen LogP contribution in [0.4, 0.5) is 4.79 Å². The third kappa shape index (κ3) is 5.54. The average Bonchev–Trinajstić information content (AvgIpc) is 3.07. The molecule has 0 radical (unpaired) electrons. The van der Waals surface area contributed by atoms with Crippen LogP contribution in [-0.2, 0) is 9.59 Å². The van der Waals surface area contributed by atoms with E-state index in [-0.39, 0.29) is 24.8 Å². The molecule has 1 aliphatic carbocycles. The molecule has 0 bridgehead atoms.